The number of benzene rings is 1. The third kappa shape index (κ3) is 3.45. The monoisotopic (exact) mass is 249 g/mol. The van der Waals surface area contributed by atoms with E-state index in [1.165, 1.54) is 12.1 Å². The van der Waals surface area contributed by atoms with Gasteiger partial charge in [-0.3, -0.25) is 4.79 Å². The van der Waals surface area contributed by atoms with E-state index in [9.17, 15) is 9.18 Å². The molecule has 4 nitrogen and oxygen atoms in total. The molecule has 0 bridgehead atoms. The van der Waals surface area contributed by atoms with E-state index in [4.69, 9.17) is 5.26 Å². The van der Waals surface area contributed by atoms with Crippen LogP contribution in [0.2, 0.25) is 0 Å². The molecule has 0 aromatic heterocycles. The van der Waals surface area contributed by atoms with Gasteiger partial charge in [0.05, 0.1) is 12.2 Å². The smallest absolute Gasteiger partial charge is 0.239 e. The van der Waals surface area contributed by atoms with E-state index in [1.807, 2.05) is 19.9 Å². The molecular formula is C13H16FN3O. The highest BCUT2D eigenvalue weighted by atomic mass is 19.1. The van der Waals surface area contributed by atoms with Gasteiger partial charge in [-0.25, -0.2) is 4.39 Å². The third-order valence-corrected chi connectivity index (χ3v) is 2.35. The maximum atomic E-state index is 13.4. The summed E-state index contributed by atoms with van der Waals surface area (Å²) in [4.78, 5) is 13.1. The number of rotatable bonds is 4. The SMILES string of the molecule is CC(C)NC(=O)CN(C)c1cccc(F)c1C#N. The van der Waals surface area contributed by atoms with Crippen LogP contribution in [0.4, 0.5) is 10.1 Å². The van der Waals surface area contributed by atoms with Crippen LogP contribution in [0.5, 0.6) is 0 Å². The molecule has 18 heavy (non-hydrogen) atoms. The van der Waals surface area contributed by atoms with Crippen molar-refractivity contribution in [3.05, 3.63) is 29.6 Å². The summed E-state index contributed by atoms with van der Waals surface area (Å²) < 4.78 is 13.4. The van der Waals surface area contributed by atoms with Crippen molar-refractivity contribution in [3.63, 3.8) is 0 Å². The van der Waals surface area contributed by atoms with Gasteiger partial charge in [0.15, 0.2) is 0 Å². The molecule has 0 aliphatic carbocycles. The van der Waals surface area contributed by atoms with Gasteiger partial charge in [-0.15, -0.1) is 0 Å². The zero-order valence-corrected chi connectivity index (χ0v) is 10.7. The molecule has 0 saturated heterocycles. The molecule has 0 spiro atoms. The van der Waals surface area contributed by atoms with Crippen molar-refractivity contribution >= 4 is 11.6 Å². The average Bonchev–Trinajstić information content (AvgIpc) is 2.27. The Labute approximate surface area is 106 Å². The molecule has 0 radical (unpaired) electrons. The van der Waals surface area contributed by atoms with E-state index in [-0.39, 0.29) is 24.1 Å². The van der Waals surface area contributed by atoms with Gasteiger partial charge >= 0.3 is 0 Å². The van der Waals surface area contributed by atoms with Crippen LogP contribution in [-0.4, -0.2) is 25.5 Å². The van der Waals surface area contributed by atoms with Crippen LogP contribution in [0.1, 0.15) is 19.4 Å². The van der Waals surface area contributed by atoms with E-state index in [0.29, 0.717) is 5.69 Å². The summed E-state index contributed by atoms with van der Waals surface area (Å²) in [5.41, 5.74) is 0.369. The molecule has 0 saturated carbocycles. The minimum atomic E-state index is -0.578. The first-order valence-electron chi connectivity index (χ1n) is 5.64. The van der Waals surface area contributed by atoms with E-state index in [1.54, 1.807) is 18.0 Å². The number of hydrogen-bond donors (Lipinski definition) is 1. The second-order valence-electron chi connectivity index (χ2n) is 4.32. The molecule has 0 fully saturated rings. The second-order valence-corrected chi connectivity index (χ2v) is 4.32. The molecule has 1 N–H and O–H groups in total. The Bertz CT molecular complexity index is 480. The molecule has 0 unspecified atom stereocenters. The Kier molecular flexibility index (Phi) is 4.67. The van der Waals surface area contributed by atoms with Crippen molar-refractivity contribution in [2.45, 2.75) is 19.9 Å². The van der Waals surface area contributed by atoms with Crippen molar-refractivity contribution in [1.29, 1.82) is 5.26 Å². The Morgan fingerprint density at radius 1 is 1.56 bits per heavy atom. The molecule has 1 amide bonds. The summed E-state index contributed by atoms with van der Waals surface area (Å²) in [6, 6.07) is 6.22. The molecule has 0 aliphatic heterocycles. The summed E-state index contributed by atoms with van der Waals surface area (Å²) in [5, 5.41) is 11.6. The first kappa shape index (κ1) is 14.0. The van der Waals surface area contributed by atoms with Crippen LogP contribution in [-0.2, 0) is 4.79 Å². The minimum absolute atomic E-state index is 0.0441. The Hall–Kier alpha value is -2.09. The number of amides is 1. The highest BCUT2D eigenvalue weighted by Crippen LogP contribution is 2.20. The summed E-state index contributed by atoms with van der Waals surface area (Å²) >= 11 is 0. The highest BCUT2D eigenvalue weighted by molar-refractivity contribution is 5.82. The lowest BCUT2D eigenvalue weighted by Crippen LogP contribution is -2.38. The zero-order valence-electron chi connectivity index (χ0n) is 10.7. The number of hydrogen-bond acceptors (Lipinski definition) is 3. The van der Waals surface area contributed by atoms with Gasteiger partial charge in [0, 0.05) is 13.1 Å². The number of nitriles is 1. The molecular weight excluding hydrogens is 233 g/mol. The lowest BCUT2D eigenvalue weighted by atomic mass is 10.1. The molecule has 1 rings (SSSR count). The fourth-order valence-electron chi connectivity index (χ4n) is 1.61. The molecule has 5 heteroatoms. The Morgan fingerprint density at radius 3 is 2.78 bits per heavy atom. The fourth-order valence-corrected chi connectivity index (χ4v) is 1.61. The predicted octanol–water partition coefficient (Wildman–Crippen LogP) is 1.66. The zero-order chi connectivity index (χ0) is 13.7. The molecule has 0 aliphatic rings. The van der Waals surface area contributed by atoms with Gasteiger partial charge in [0.25, 0.3) is 0 Å². The molecule has 1 aromatic carbocycles. The number of carbonyl (C=O) groups excluding carboxylic acids is 1. The number of nitrogens with one attached hydrogen (secondary N) is 1. The summed E-state index contributed by atoms with van der Waals surface area (Å²) in [6.45, 7) is 3.80. The van der Waals surface area contributed by atoms with E-state index >= 15 is 0 Å². The summed E-state index contributed by atoms with van der Waals surface area (Å²) in [6.07, 6.45) is 0. The molecule has 96 valence electrons. The van der Waals surface area contributed by atoms with E-state index in [2.05, 4.69) is 5.32 Å². The maximum Gasteiger partial charge on any atom is 0.239 e. The van der Waals surface area contributed by atoms with Crippen molar-refractivity contribution in [1.82, 2.24) is 5.32 Å². The lowest BCUT2D eigenvalue weighted by Gasteiger charge is -2.20. The summed E-state index contributed by atoms with van der Waals surface area (Å²) in [5.74, 6) is -0.744. The Balaban J connectivity index is 2.85. The van der Waals surface area contributed by atoms with Crippen LogP contribution >= 0.6 is 0 Å². The van der Waals surface area contributed by atoms with E-state index in [0.717, 1.165) is 0 Å². The average molecular weight is 249 g/mol. The number of anilines is 1. The standard InChI is InChI=1S/C13H16FN3O/c1-9(2)16-13(18)8-17(3)12-6-4-5-11(14)10(12)7-15/h4-6,9H,8H2,1-3H3,(H,16,18). The maximum absolute atomic E-state index is 13.4. The van der Waals surface area contributed by atoms with Gasteiger partial charge in [-0.1, -0.05) is 6.07 Å². The molecule has 0 atom stereocenters. The van der Waals surface area contributed by atoms with Gasteiger partial charge in [0.1, 0.15) is 17.4 Å². The van der Waals surface area contributed by atoms with Crippen LogP contribution in [0.25, 0.3) is 0 Å². The molecule has 0 heterocycles. The number of halogens is 1. The van der Waals surface area contributed by atoms with Crippen LogP contribution in [0.15, 0.2) is 18.2 Å². The van der Waals surface area contributed by atoms with Crippen LogP contribution in [0, 0.1) is 17.1 Å². The first-order valence-corrected chi connectivity index (χ1v) is 5.64. The minimum Gasteiger partial charge on any atom is -0.364 e. The third-order valence-electron chi connectivity index (χ3n) is 2.35. The predicted molar refractivity (Wildman–Crippen MR) is 67.7 cm³/mol. The quantitative estimate of drug-likeness (QED) is 0.882. The van der Waals surface area contributed by atoms with Crippen molar-refractivity contribution < 1.29 is 9.18 Å². The Morgan fingerprint density at radius 2 is 2.22 bits per heavy atom. The molecule has 1 aromatic rings. The summed E-state index contributed by atoms with van der Waals surface area (Å²) in [7, 11) is 1.65. The van der Waals surface area contributed by atoms with Crippen molar-refractivity contribution in [3.8, 4) is 6.07 Å². The normalized spacial score (nSPS) is 10.0. The van der Waals surface area contributed by atoms with E-state index < -0.39 is 5.82 Å². The highest BCUT2D eigenvalue weighted by Gasteiger charge is 2.14. The van der Waals surface area contributed by atoms with Crippen molar-refractivity contribution in [2.24, 2.45) is 0 Å². The van der Waals surface area contributed by atoms with Crippen molar-refractivity contribution in [2.75, 3.05) is 18.5 Å². The van der Waals surface area contributed by atoms with Crippen LogP contribution < -0.4 is 10.2 Å². The van der Waals surface area contributed by atoms with Gasteiger partial charge in [-0.2, -0.15) is 5.26 Å². The largest absolute Gasteiger partial charge is 0.364 e. The number of nitrogens with zero attached hydrogens (tertiary/aromatic N) is 2. The first-order chi connectivity index (χ1) is 8.45. The number of carbonyl (C=O) groups is 1. The second kappa shape index (κ2) is 6.01. The topological polar surface area (TPSA) is 56.1 Å². The van der Waals surface area contributed by atoms with Gasteiger partial charge in [0.2, 0.25) is 5.91 Å². The van der Waals surface area contributed by atoms with Gasteiger partial charge in [-0.05, 0) is 26.0 Å². The lowest BCUT2D eigenvalue weighted by molar-refractivity contribution is -0.120. The van der Waals surface area contributed by atoms with Crippen LogP contribution in [0.3, 0.4) is 0 Å². The van der Waals surface area contributed by atoms with Gasteiger partial charge < -0.3 is 10.2 Å². The number of likely N-dealkylation sites (N-methyl/N-ethyl adjacent to an activating group) is 1. The fraction of sp³-hybridized carbons (Fsp3) is 0.385.